The molecule has 0 spiro atoms. The standard InChI is InChI=1S/C60H34N6/c1-3-13-43-41(11-1)47-16-5-15-46-40(21-23-50(43)56(46)47)39-29-52(45-22-24-51-44-14-4-2-12-42(44)48-17-6-18-49(45)57(48)51)59-53(30-39)58(37-19-25-54(63-33-37)35-9-7-27-61-31-35)65-60(66-59)38-20-26-55(64-34-38)36-10-8-28-62-32-36/h1-34H. The lowest BCUT2D eigenvalue weighted by Crippen LogP contribution is -1.99. The predicted octanol–water partition coefficient (Wildman–Crippen LogP) is 14.8. The van der Waals surface area contributed by atoms with Crippen LogP contribution in [0.3, 0.4) is 0 Å². The van der Waals surface area contributed by atoms with E-state index in [1.165, 1.54) is 66.1 Å². The van der Waals surface area contributed by atoms with Crippen LogP contribution < -0.4 is 0 Å². The molecular formula is C60H34N6. The molecule has 0 N–H and O–H groups in total. The van der Waals surface area contributed by atoms with Crippen LogP contribution in [-0.2, 0) is 0 Å². The van der Waals surface area contributed by atoms with E-state index in [-0.39, 0.29) is 0 Å². The summed E-state index contributed by atoms with van der Waals surface area (Å²) in [7, 11) is 0. The number of benzene rings is 7. The highest BCUT2D eigenvalue weighted by Crippen LogP contribution is 2.52. The second kappa shape index (κ2) is 14.3. The molecule has 0 unspecified atom stereocenters. The summed E-state index contributed by atoms with van der Waals surface area (Å²) in [4.78, 5) is 29.6. The summed E-state index contributed by atoms with van der Waals surface area (Å²) >= 11 is 0. The average molecular weight is 839 g/mol. The van der Waals surface area contributed by atoms with Gasteiger partial charge in [-0.05, 0) is 143 Å². The topological polar surface area (TPSA) is 77.3 Å². The summed E-state index contributed by atoms with van der Waals surface area (Å²) in [6, 6.07) is 60.9. The van der Waals surface area contributed by atoms with Crippen molar-refractivity contribution in [3.05, 3.63) is 207 Å². The van der Waals surface area contributed by atoms with Gasteiger partial charge in [0.25, 0.3) is 0 Å². The fraction of sp³-hybridized carbons (Fsp3) is 0. The summed E-state index contributed by atoms with van der Waals surface area (Å²) in [5, 5.41) is 5.87. The number of pyridine rings is 4. The second-order valence-electron chi connectivity index (χ2n) is 17.0. The third kappa shape index (κ3) is 5.48. The quantitative estimate of drug-likeness (QED) is 0.166. The molecule has 0 saturated heterocycles. The highest BCUT2D eigenvalue weighted by Gasteiger charge is 2.27. The van der Waals surface area contributed by atoms with Crippen molar-refractivity contribution in [1.29, 1.82) is 0 Å². The van der Waals surface area contributed by atoms with Crippen LogP contribution >= 0.6 is 0 Å². The van der Waals surface area contributed by atoms with Crippen molar-refractivity contribution >= 4 is 32.4 Å². The third-order valence-electron chi connectivity index (χ3n) is 13.5. The Morgan fingerprint density at radius 2 is 0.803 bits per heavy atom. The first-order chi connectivity index (χ1) is 32.7. The summed E-state index contributed by atoms with van der Waals surface area (Å²) in [6.07, 6.45) is 11.0. The van der Waals surface area contributed by atoms with Crippen LogP contribution in [-0.4, -0.2) is 29.9 Å². The first kappa shape index (κ1) is 36.5. The van der Waals surface area contributed by atoms with Crippen molar-refractivity contribution in [3.8, 4) is 112 Å². The molecule has 5 aromatic heterocycles. The van der Waals surface area contributed by atoms with Gasteiger partial charge in [0.15, 0.2) is 5.82 Å². The highest BCUT2D eigenvalue weighted by atomic mass is 14.9. The molecule has 0 amide bonds. The first-order valence-corrected chi connectivity index (χ1v) is 22.1. The van der Waals surface area contributed by atoms with Gasteiger partial charge >= 0.3 is 0 Å². The molecule has 2 aliphatic rings. The maximum absolute atomic E-state index is 5.55. The number of nitrogens with zero attached hydrogens (tertiary/aromatic N) is 6. The van der Waals surface area contributed by atoms with Crippen molar-refractivity contribution < 1.29 is 0 Å². The van der Waals surface area contributed by atoms with E-state index in [9.17, 15) is 0 Å². The fourth-order valence-electron chi connectivity index (χ4n) is 10.5. The van der Waals surface area contributed by atoms with Gasteiger partial charge in [0.1, 0.15) is 0 Å². The van der Waals surface area contributed by atoms with E-state index in [0.29, 0.717) is 5.82 Å². The smallest absolute Gasteiger partial charge is 0.162 e. The highest BCUT2D eigenvalue weighted by molar-refractivity contribution is 6.22. The predicted molar refractivity (Wildman–Crippen MR) is 267 cm³/mol. The van der Waals surface area contributed by atoms with Gasteiger partial charge < -0.3 is 0 Å². The van der Waals surface area contributed by atoms with Gasteiger partial charge in [0, 0.05) is 70.4 Å². The van der Waals surface area contributed by atoms with Crippen LogP contribution in [0.1, 0.15) is 0 Å². The summed E-state index contributed by atoms with van der Waals surface area (Å²) in [5.74, 6) is 0.578. The van der Waals surface area contributed by atoms with E-state index >= 15 is 0 Å². The maximum atomic E-state index is 5.55. The Kier molecular flexibility index (Phi) is 7.88. The number of aromatic nitrogens is 6. The molecule has 0 fully saturated rings. The van der Waals surface area contributed by atoms with Crippen LogP contribution in [0.4, 0.5) is 0 Å². The van der Waals surface area contributed by atoms with Crippen molar-refractivity contribution in [2.75, 3.05) is 0 Å². The van der Waals surface area contributed by atoms with Gasteiger partial charge in [-0.3, -0.25) is 19.9 Å². The van der Waals surface area contributed by atoms with Gasteiger partial charge in [0.2, 0.25) is 0 Å². The van der Waals surface area contributed by atoms with Gasteiger partial charge in [-0.1, -0.05) is 109 Å². The monoisotopic (exact) mass is 838 g/mol. The van der Waals surface area contributed by atoms with Gasteiger partial charge in [0.05, 0.1) is 22.6 Å². The third-order valence-corrected chi connectivity index (χ3v) is 13.5. The average Bonchev–Trinajstić information content (AvgIpc) is 3.90. The Morgan fingerprint density at radius 3 is 1.35 bits per heavy atom. The minimum atomic E-state index is 0.578. The van der Waals surface area contributed by atoms with Crippen molar-refractivity contribution in [2.24, 2.45) is 0 Å². The summed E-state index contributed by atoms with van der Waals surface area (Å²) in [5.41, 5.74) is 21.4. The molecule has 12 aromatic rings. The van der Waals surface area contributed by atoms with Gasteiger partial charge in [-0.2, -0.15) is 0 Å². The molecule has 0 atom stereocenters. The van der Waals surface area contributed by atoms with Crippen LogP contribution in [0.25, 0.3) is 144 Å². The molecule has 66 heavy (non-hydrogen) atoms. The molecule has 0 radical (unpaired) electrons. The van der Waals surface area contributed by atoms with Gasteiger partial charge in [-0.15, -0.1) is 0 Å². The number of hydrogen-bond donors (Lipinski definition) is 0. The zero-order valence-electron chi connectivity index (χ0n) is 35.3. The Bertz CT molecular complexity index is 3900. The largest absolute Gasteiger partial charge is 0.264 e. The van der Waals surface area contributed by atoms with E-state index in [4.69, 9.17) is 19.9 Å². The minimum Gasteiger partial charge on any atom is -0.264 e. The van der Waals surface area contributed by atoms with Crippen molar-refractivity contribution in [1.82, 2.24) is 29.9 Å². The van der Waals surface area contributed by atoms with Crippen molar-refractivity contribution in [3.63, 3.8) is 0 Å². The van der Waals surface area contributed by atoms with E-state index in [2.05, 4.69) is 149 Å². The Balaban J connectivity index is 1.06. The lowest BCUT2D eigenvalue weighted by atomic mass is 9.88. The molecule has 7 aromatic carbocycles. The van der Waals surface area contributed by atoms with E-state index < -0.39 is 0 Å². The Morgan fingerprint density at radius 1 is 0.288 bits per heavy atom. The number of rotatable bonds is 6. The molecule has 0 saturated carbocycles. The van der Waals surface area contributed by atoms with E-state index in [1.807, 2.05) is 55.1 Å². The van der Waals surface area contributed by atoms with E-state index in [0.717, 1.165) is 72.5 Å². The SMILES string of the molecule is c1cncc(-c2ccc(-c3nc(-c4ccc(-c5cccnc5)nc4)c4cc(-c5ccc6c7c(cccc57)-c5ccccc5-6)cc(-c5ccc6c7c(cccc57)-c5ccccc5-6)c4n3)cn2)c1. The number of fused-ring (bicyclic) bond motifs is 7. The Hall–Kier alpha value is -9.00. The van der Waals surface area contributed by atoms with Crippen molar-refractivity contribution in [2.45, 2.75) is 0 Å². The molecular weight excluding hydrogens is 805 g/mol. The fourth-order valence-corrected chi connectivity index (χ4v) is 10.5. The van der Waals surface area contributed by atoms with Crippen LogP contribution in [0.2, 0.25) is 0 Å². The minimum absolute atomic E-state index is 0.578. The molecule has 6 heteroatoms. The number of hydrogen-bond acceptors (Lipinski definition) is 6. The van der Waals surface area contributed by atoms with Gasteiger partial charge in [-0.25, -0.2) is 9.97 Å². The zero-order valence-corrected chi connectivity index (χ0v) is 35.3. The lowest BCUT2D eigenvalue weighted by molar-refractivity contribution is 1.20. The molecule has 0 aliphatic heterocycles. The van der Waals surface area contributed by atoms with E-state index in [1.54, 1.807) is 12.4 Å². The molecule has 304 valence electrons. The molecule has 0 bridgehead atoms. The molecule has 6 nitrogen and oxygen atoms in total. The summed E-state index contributed by atoms with van der Waals surface area (Å²) in [6.45, 7) is 0. The normalized spacial score (nSPS) is 11.9. The summed E-state index contributed by atoms with van der Waals surface area (Å²) < 4.78 is 0. The maximum Gasteiger partial charge on any atom is 0.162 e. The first-order valence-electron chi connectivity index (χ1n) is 22.1. The van der Waals surface area contributed by atoms with Crippen LogP contribution in [0.5, 0.6) is 0 Å². The molecule has 2 aliphatic carbocycles. The lowest BCUT2D eigenvalue weighted by Gasteiger charge is -2.18. The van der Waals surface area contributed by atoms with Crippen LogP contribution in [0.15, 0.2) is 207 Å². The Labute approximate surface area is 379 Å². The zero-order chi connectivity index (χ0) is 43.3. The molecule has 5 heterocycles. The molecule has 14 rings (SSSR count). The van der Waals surface area contributed by atoms with Crippen LogP contribution in [0, 0.1) is 0 Å². The second-order valence-corrected chi connectivity index (χ2v) is 17.0.